The van der Waals surface area contributed by atoms with E-state index in [1.807, 2.05) is 37.3 Å². The molecular formula is C16H17NOS. The van der Waals surface area contributed by atoms with Gasteiger partial charge in [-0.1, -0.05) is 30.9 Å². The summed E-state index contributed by atoms with van der Waals surface area (Å²) in [4.78, 5) is 1.10. The van der Waals surface area contributed by atoms with Crippen LogP contribution in [0.25, 0.3) is 5.57 Å². The van der Waals surface area contributed by atoms with E-state index >= 15 is 0 Å². The van der Waals surface area contributed by atoms with E-state index < -0.39 is 5.60 Å². The molecule has 0 radical (unpaired) electrons. The number of benzene rings is 1. The normalized spacial score (nSPS) is 20.7. The molecule has 0 amide bonds. The summed E-state index contributed by atoms with van der Waals surface area (Å²) in [5.74, 6) is 0. The Balaban J connectivity index is 2.29. The Hall–Kier alpha value is -1.50. The predicted molar refractivity (Wildman–Crippen MR) is 79.7 cm³/mol. The van der Waals surface area contributed by atoms with Crippen molar-refractivity contribution in [3.05, 3.63) is 48.1 Å². The van der Waals surface area contributed by atoms with Gasteiger partial charge in [-0.05, 0) is 31.9 Å². The Bertz CT molecular complexity index is 581. The smallest absolute Gasteiger partial charge is 0.0995 e. The molecule has 2 rings (SSSR count). The summed E-state index contributed by atoms with van der Waals surface area (Å²) in [6, 6.07) is 10.1. The van der Waals surface area contributed by atoms with Crippen LogP contribution in [0.2, 0.25) is 0 Å². The van der Waals surface area contributed by atoms with Crippen LogP contribution in [0.5, 0.6) is 0 Å². The quantitative estimate of drug-likeness (QED) is 0.851. The van der Waals surface area contributed by atoms with Gasteiger partial charge in [-0.2, -0.15) is 5.26 Å². The summed E-state index contributed by atoms with van der Waals surface area (Å²) in [5, 5.41) is 19.7. The minimum absolute atomic E-state index is 0.0937. The highest BCUT2D eigenvalue weighted by molar-refractivity contribution is 8.00. The Morgan fingerprint density at radius 2 is 2.21 bits per heavy atom. The van der Waals surface area contributed by atoms with Crippen molar-refractivity contribution in [1.82, 2.24) is 0 Å². The second-order valence-electron chi connectivity index (χ2n) is 5.10. The Morgan fingerprint density at radius 1 is 1.53 bits per heavy atom. The van der Waals surface area contributed by atoms with E-state index in [1.54, 1.807) is 18.7 Å². The SMILES string of the molecule is C=C(C)C(C)(O)CC1C=C(C#N)c2ccccc2S1. The fourth-order valence-electron chi connectivity index (χ4n) is 2.03. The van der Waals surface area contributed by atoms with Crippen molar-refractivity contribution in [3.8, 4) is 6.07 Å². The van der Waals surface area contributed by atoms with Gasteiger partial charge in [0.05, 0.1) is 17.2 Å². The van der Waals surface area contributed by atoms with E-state index in [0.29, 0.717) is 12.0 Å². The molecule has 0 saturated heterocycles. The third-order valence-electron chi connectivity index (χ3n) is 3.45. The van der Waals surface area contributed by atoms with Gasteiger partial charge in [-0.25, -0.2) is 0 Å². The van der Waals surface area contributed by atoms with Gasteiger partial charge in [-0.3, -0.25) is 0 Å². The lowest BCUT2D eigenvalue weighted by atomic mass is 9.91. The van der Waals surface area contributed by atoms with Crippen LogP contribution < -0.4 is 0 Å². The molecule has 0 spiro atoms. The molecule has 98 valence electrons. The third-order valence-corrected chi connectivity index (χ3v) is 4.66. The van der Waals surface area contributed by atoms with Crippen LogP contribution in [0.3, 0.4) is 0 Å². The molecule has 1 heterocycles. The molecule has 0 fully saturated rings. The Kier molecular flexibility index (Phi) is 3.84. The molecule has 1 N–H and O–H groups in total. The first kappa shape index (κ1) is 13.9. The number of thioether (sulfide) groups is 1. The van der Waals surface area contributed by atoms with E-state index in [2.05, 4.69) is 12.6 Å². The standard InChI is InChI=1S/C16H17NOS/c1-11(2)16(3,18)9-13-8-12(10-17)14-6-4-5-7-15(14)19-13/h4-8,13,18H,1,9H2,2-3H3. The molecule has 1 aliphatic rings. The van der Waals surface area contributed by atoms with Crippen LogP contribution in [-0.2, 0) is 0 Å². The largest absolute Gasteiger partial charge is 0.386 e. The second kappa shape index (κ2) is 5.24. The highest BCUT2D eigenvalue weighted by atomic mass is 32.2. The maximum absolute atomic E-state index is 10.3. The average molecular weight is 271 g/mol. The molecule has 0 aliphatic carbocycles. The molecule has 1 aromatic rings. The zero-order chi connectivity index (χ0) is 14.0. The number of hydrogen-bond acceptors (Lipinski definition) is 3. The first-order chi connectivity index (χ1) is 8.94. The van der Waals surface area contributed by atoms with Crippen LogP contribution in [0, 0.1) is 11.3 Å². The monoisotopic (exact) mass is 271 g/mol. The fourth-order valence-corrected chi connectivity index (χ4v) is 3.43. The Morgan fingerprint density at radius 3 is 2.84 bits per heavy atom. The van der Waals surface area contributed by atoms with Gasteiger partial charge >= 0.3 is 0 Å². The maximum Gasteiger partial charge on any atom is 0.0995 e. The van der Waals surface area contributed by atoms with E-state index in [-0.39, 0.29) is 5.25 Å². The van der Waals surface area contributed by atoms with Gasteiger partial charge in [0.2, 0.25) is 0 Å². The molecule has 1 aliphatic heterocycles. The van der Waals surface area contributed by atoms with Crippen molar-refractivity contribution in [1.29, 1.82) is 5.26 Å². The van der Waals surface area contributed by atoms with Crippen LogP contribution >= 0.6 is 11.8 Å². The topological polar surface area (TPSA) is 44.0 Å². The molecule has 0 saturated carbocycles. The summed E-state index contributed by atoms with van der Waals surface area (Å²) >= 11 is 1.69. The highest BCUT2D eigenvalue weighted by Crippen LogP contribution is 2.40. The molecule has 2 atom stereocenters. The highest BCUT2D eigenvalue weighted by Gasteiger charge is 2.29. The first-order valence-electron chi connectivity index (χ1n) is 6.20. The van der Waals surface area contributed by atoms with Crippen molar-refractivity contribution in [3.63, 3.8) is 0 Å². The number of allylic oxidation sites excluding steroid dienone is 1. The summed E-state index contributed by atoms with van der Waals surface area (Å²) in [6.45, 7) is 7.43. The van der Waals surface area contributed by atoms with Gasteiger partial charge in [0.15, 0.2) is 0 Å². The van der Waals surface area contributed by atoms with Crippen molar-refractivity contribution in [2.45, 2.75) is 36.0 Å². The maximum atomic E-state index is 10.3. The molecule has 2 unspecified atom stereocenters. The number of rotatable bonds is 3. The number of nitriles is 1. The molecule has 1 aromatic carbocycles. The zero-order valence-electron chi connectivity index (χ0n) is 11.2. The van der Waals surface area contributed by atoms with Crippen molar-refractivity contribution < 1.29 is 5.11 Å². The number of nitrogens with zero attached hydrogens (tertiary/aromatic N) is 1. The van der Waals surface area contributed by atoms with E-state index in [9.17, 15) is 10.4 Å². The van der Waals surface area contributed by atoms with Gasteiger partial charge in [0.1, 0.15) is 0 Å². The van der Waals surface area contributed by atoms with Crippen molar-refractivity contribution in [2.75, 3.05) is 0 Å². The average Bonchev–Trinajstić information content (AvgIpc) is 2.37. The summed E-state index contributed by atoms with van der Waals surface area (Å²) < 4.78 is 0. The summed E-state index contributed by atoms with van der Waals surface area (Å²) in [7, 11) is 0. The minimum atomic E-state index is -0.902. The van der Waals surface area contributed by atoms with Gasteiger partial charge in [-0.15, -0.1) is 11.8 Å². The van der Waals surface area contributed by atoms with E-state index in [1.165, 1.54) is 0 Å². The molecule has 2 nitrogen and oxygen atoms in total. The van der Waals surface area contributed by atoms with Crippen molar-refractivity contribution >= 4 is 17.3 Å². The van der Waals surface area contributed by atoms with Gasteiger partial charge < -0.3 is 5.11 Å². The Labute approximate surface area is 118 Å². The number of aliphatic hydroxyl groups is 1. The molecule has 3 heteroatoms. The predicted octanol–water partition coefficient (Wildman–Crippen LogP) is 3.79. The lowest BCUT2D eigenvalue weighted by molar-refractivity contribution is 0.0921. The molecular weight excluding hydrogens is 254 g/mol. The lowest BCUT2D eigenvalue weighted by Crippen LogP contribution is -2.29. The summed E-state index contributed by atoms with van der Waals surface area (Å²) in [5.41, 5.74) is 1.53. The van der Waals surface area contributed by atoms with Crippen LogP contribution in [0.4, 0.5) is 0 Å². The summed E-state index contributed by atoms with van der Waals surface area (Å²) in [6.07, 6.45) is 2.51. The number of fused-ring (bicyclic) bond motifs is 1. The zero-order valence-corrected chi connectivity index (χ0v) is 12.0. The van der Waals surface area contributed by atoms with Crippen LogP contribution in [0.15, 0.2) is 47.4 Å². The van der Waals surface area contributed by atoms with Gasteiger partial charge in [0.25, 0.3) is 0 Å². The number of hydrogen-bond donors (Lipinski definition) is 1. The fraction of sp³-hybridized carbons (Fsp3) is 0.312. The van der Waals surface area contributed by atoms with Crippen LogP contribution in [-0.4, -0.2) is 16.0 Å². The lowest BCUT2D eigenvalue weighted by Gasteiger charge is -2.29. The first-order valence-corrected chi connectivity index (χ1v) is 7.08. The van der Waals surface area contributed by atoms with Gasteiger partial charge in [0, 0.05) is 15.7 Å². The molecule has 0 bridgehead atoms. The second-order valence-corrected chi connectivity index (χ2v) is 6.38. The third kappa shape index (κ3) is 2.91. The van der Waals surface area contributed by atoms with Crippen LogP contribution in [0.1, 0.15) is 25.8 Å². The molecule has 0 aromatic heterocycles. The van der Waals surface area contributed by atoms with E-state index in [0.717, 1.165) is 16.0 Å². The van der Waals surface area contributed by atoms with Crippen molar-refractivity contribution in [2.24, 2.45) is 0 Å². The minimum Gasteiger partial charge on any atom is -0.386 e. The van der Waals surface area contributed by atoms with E-state index in [4.69, 9.17) is 0 Å². The molecule has 19 heavy (non-hydrogen) atoms.